The standard InChI is InChI=1S/C13H12N4O3/c14-12(19)8-6-11(18)17(7-8)13-15-4-3-9(16-13)10-2-1-5-20-10/h1-5,8H,6-7H2,(H2,14,19). The summed E-state index contributed by atoms with van der Waals surface area (Å²) in [6.07, 6.45) is 3.19. The number of nitrogens with zero attached hydrogens (tertiary/aromatic N) is 3. The Bertz CT molecular complexity index is 653. The van der Waals surface area contributed by atoms with E-state index in [-0.39, 0.29) is 24.8 Å². The van der Waals surface area contributed by atoms with Gasteiger partial charge in [-0.3, -0.25) is 14.5 Å². The Morgan fingerprint density at radius 3 is 2.95 bits per heavy atom. The molecule has 7 heteroatoms. The van der Waals surface area contributed by atoms with E-state index >= 15 is 0 Å². The summed E-state index contributed by atoms with van der Waals surface area (Å²) >= 11 is 0. The Balaban J connectivity index is 1.90. The fourth-order valence-electron chi connectivity index (χ4n) is 2.13. The highest BCUT2D eigenvalue weighted by molar-refractivity contribution is 5.98. The lowest BCUT2D eigenvalue weighted by molar-refractivity contribution is -0.123. The van der Waals surface area contributed by atoms with Gasteiger partial charge < -0.3 is 10.2 Å². The predicted octanol–water partition coefficient (Wildman–Crippen LogP) is 0.575. The van der Waals surface area contributed by atoms with E-state index in [1.807, 2.05) is 0 Å². The van der Waals surface area contributed by atoms with Gasteiger partial charge >= 0.3 is 0 Å². The highest BCUT2D eigenvalue weighted by Crippen LogP contribution is 2.24. The Morgan fingerprint density at radius 1 is 1.45 bits per heavy atom. The zero-order chi connectivity index (χ0) is 14.1. The molecule has 2 N–H and O–H groups in total. The van der Waals surface area contributed by atoms with Gasteiger partial charge in [0.1, 0.15) is 5.69 Å². The molecule has 20 heavy (non-hydrogen) atoms. The van der Waals surface area contributed by atoms with Crippen molar-refractivity contribution >= 4 is 17.8 Å². The third kappa shape index (κ3) is 2.13. The van der Waals surface area contributed by atoms with Gasteiger partial charge in [0.25, 0.3) is 0 Å². The van der Waals surface area contributed by atoms with E-state index in [1.54, 1.807) is 30.7 Å². The van der Waals surface area contributed by atoms with Crippen LogP contribution in [-0.2, 0) is 9.59 Å². The molecule has 7 nitrogen and oxygen atoms in total. The van der Waals surface area contributed by atoms with Crippen LogP contribution in [0.15, 0.2) is 35.1 Å². The Hall–Kier alpha value is -2.70. The monoisotopic (exact) mass is 272 g/mol. The molecule has 1 unspecified atom stereocenters. The van der Waals surface area contributed by atoms with E-state index in [1.165, 1.54) is 4.90 Å². The number of hydrogen-bond donors (Lipinski definition) is 1. The smallest absolute Gasteiger partial charge is 0.232 e. The first-order chi connectivity index (χ1) is 9.65. The molecule has 0 aromatic carbocycles. The van der Waals surface area contributed by atoms with Crippen LogP contribution in [-0.4, -0.2) is 28.3 Å². The first kappa shape index (κ1) is 12.3. The van der Waals surface area contributed by atoms with Crippen molar-refractivity contribution in [3.05, 3.63) is 30.7 Å². The average Bonchev–Trinajstić information content (AvgIpc) is 3.08. The van der Waals surface area contributed by atoms with Crippen LogP contribution >= 0.6 is 0 Å². The zero-order valence-electron chi connectivity index (χ0n) is 10.5. The van der Waals surface area contributed by atoms with Gasteiger partial charge in [-0.15, -0.1) is 0 Å². The van der Waals surface area contributed by atoms with Crippen LogP contribution in [0, 0.1) is 5.92 Å². The van der Waals surface area contributed by atoms with Crippen molar-refractivity contribution in [2.24, 2.45) is 11.7 Å². The first-order valence-electron chi connectivity index (χ1n) is 6.12. The second kappa shape index (κ2) is 4.76. The van der Waals surface area contributed by atoms with Crippen molar-refractivity contribution in [1.29, 1.82) is 0 Å². The Morgan fingerprint density at radius 2 is 2.30 bits per heavy atom. The molecule has 1 fully saturated rings. The van der Waals surface area contributed by atoms with Crippen molar-refractivity contribution < 1.29 is 14.0 Å². The number of hydrogen-bond acceptors (Lipinski definition) is 5. The van der Waals surface area contributed by atoms with Crippen LogP contribution in [0.2, 0.25) is 0 Å². The molecule has 2 amide bonds. The molecule has 2 aromatic rings. The lowest BCUT2D eigenvalue weighted by Crippen LogP contribution is -2.29. The van der Waals surface area contributed by atoms with E-state index in [0.717, 1.165) is 0 Å². The van der Waals surface area contributed by atoms with E-state index in [2.05, 4.69) is 9.97 Å². The molecular weight excluding hydrogens is 260 g/mol. The summed E-state index contributed by atoms with van der Waals surface area (Å²) in [5, 5.41) is 0. The van der Waals surface area contributed by atoms with Crippen LogP contribution in [0.3, 0.4) is 0 Å². The number of aromatic nitrogens is 2. The highest BCUT2D eigenvalue weighted by atomic mass is 16.3. The number of carbonyl (C=O) groups excluding carboxylic acids is 2. The van der Waals surface area contributed by atoms with Crippen LogP contribution in [0.5, 0.6) is 0 Å². The summed E-state index contributed by atoms with van der Waals surface area (Å²) in [7, 11) is 0. The molecule has 1 saturated heterocycles. The summed E-state index contributed by atoms with van der Waals surface area (Å²) < 4.78 is 5.26. The molecule has 0 spiro atoms. The van der Waals surface area contributed by atoms with E-state index < -0.39 is 11.8 Å². The van der Waals surface area contributed by atoms with Crippen LogP contribution in [0.25, 0.3) is 11.5 Å². The lowest BCUT2D eigenvalue weighted by atomic mass is 10.1. The largest absolute Gasteiger partial charge is 0.463 e. The highest BCUT2D eigenvalue weighted by Gasteiger charge is 2.35. The van der Waals surface area contributed by atoms with Gasteiger partial charge in [-0.25, -0.2) is 9.97 Å². The maximum Gasteiger partial charge on any atom is 0.232 e. The molecule has 0 saturated carbocycles. The SMILES string of the molecule is NC(=O)C1CC(=O)N(c2nccc(-c3ccco3)n2)C1. The van der Waals surface area contributed by atoms with Gasteiger partial charge in [0.2, 0.25) is 17.8 Å². The second-order valence-electron chi connectivity index (χ2n) is 4.53. The number of anilines is 1. The van der Waals surface area contributed by atoms with E-state index in [9.17, 15) is 9.59 Å². The molecule has 1 aliphatic heterocycles. The summed E-state index contributed by atoms with van der Waals surface area (Å²) in [5.41, 5.74) is 5.81. The van der Waals surface area contributed by atoms with Crippen molar-refractivity contribution in [3.8, 4) is 11.5 Å². The molecule has 1 aliphatic rings. The van der Waals surface area contributed by atoms with Gasteiger partial charge in [-0.2, -0.15) is 0 Å². The fourth-order valence-corrected chi connectivity index (χ4v) is 2.13. The van der Waals surface area contributed by atoms with E-state index in [0.29, 0.717) is 11.5 Å². The van der Waals surface area contributed by atoms with Crippen LogP contribution < -0.4 is 10.6 Å². The molecule has 102 valence electrons. The molecule has 3 heterocycles. The maximum atomic E-state index is 11.9. The van der Waals surface area contributed by atoms with Crippen molar-refractivity contribution in [2.45, 2.75) is 6.42 Å². The second-order valence-corrected chi connectivity index (χ2v) is 4.53. The van der Waals surface area contributed by atoms with Gasteiger partial charge in [0.15, 0.2) is 5.76 Å². The minimum Gasteiger partial charge on any atom is -0.463 e. The molecule has 0 radical (unpaired) electrons. The van der Waals surface area contributed by atoms with Crippen LogP contribution in [0.4, 0.5) is 5.95 Å². The van der Waals surface area contributed by atoms with E-state index in [4.69, 9.17) is 10.2 Å². The number of amides is 2. The molecule has 0 bridgehead atoms. The summed E-state index contributed by atoms with van der Waals surface area (Å²) in [5.74, 6) is -0.328. The van der Waals surface area contributed by atoms with Gasteiger partial charge in [-0.1, -0.05) is 0 Å². The van der Waals surface area contributed by atoms with Crippen LogP contribution in [0.1, 0.15) is 6.42 Å². The minimum atomic E-state index is -0.488. The molecule has 0 aliphatic carbocycles. The summed E-state index contributed by atoms with van der Waals surface area (Å²) in [4.78, 5) is 32.8. The Kier molecular flexibility index (Phi) is 2.94. The molecule has 1 atom stereocenters. The molecule has 3 rings (SSSR count). The number of nitrogens with two attached hydrogens (primary N) is 1. The Labute approximate surface area is 114 Å². The topological polar surface area (TPSA) is 102 Å². The average molecular weight is 272 g/mol. The van der Waals surface area contributed by atoms with Gasteiger partial charge in [0, 0.05) is 19.2 Å². The quantitative estimate of drug-likeness (QED) is 0.880. The maximum absolute atomic E-state index is 11.9. The number of primary amides is 1. The summed E-state index contributed by atoms with van der Waals surface area (Å²) in [6.45, 7) is 0.218. The third-order valence-corrected chi connectivity index (χ3v) is 3.19. The van der Waals surface area contributed by atoms with Crippen molar-refractivity contribution in [2.75, 3.05) is 11.4 Å². The van der Waals surface area contributed by atoms with Gasteiger partial charge in [0.05, 0.1) is 12.2 Å². The molecular formula is C13H12N4O3. The number of furan rings is 1. The van der Waals surface area contributed by atoms with Crippen molar-refractivity contribution in [1.82, 2.24) is 9.97 Å². The third-order valence-electron chi connectivity index (χ3n) is 3.19. The lowest BCUT2D eigenvalue weighted by Gasteiger charge is -2.13. The van der Waals surface area contributed by atoms with Gasteiger partial charge in [-0.05, 0) is 18.2 Å². The summed E-state index contributed by atoms with van der Waals surface area (Å²) in [6, 6.07) is 5.21. The first-order valence-corrected chi connectivity index (χ1v) is 6.12. The van der Waals surface area contributed by atoms with Crippen molar-refractivity contribution in [3.63, 3.8) is 0 Å². The number of carbonyl (C=O) groups is 2. The predicted molar refractivity (Wildman–Crippen MR) is 69.4 cm³/mol. The molecule has 2 aromatic heterocycles. The number of rotatable bonds is 3. The fraction of sp³-hybridized carbons (Fsp3) is 0.231. The normalized spacial score (nSPS) is 18.5. The zero-order valence-corrected chi connectivity index (χ0v) is 10.5. The minimum absolute atomic E-state index is 0.101.